The molecule has 230 valence electrons. The molecule has 6 fully saturated rings. The van der Waals surface area contributed by atoms with Gasteiger partial charge >= 0.3 is 6.03 Å². The van der Waals surface area contributed by atoms with Crippen molar-refractivity contribution in [2.45, 2.75) is 56.6 Å². The lowest BCUT2D eigenvalue weighted by atomic mass is 9.52. The fourth-order valence-corrected chi connectivity index (χ4v) is 10.7. The van der Waals surface area contributed by atoms with Crippen LogP contribution in [0.2, 0.25) is 0 Å². The molecule has 2 aliphatic heterocycles. The van der Waals surface area contributed by atoms with E-state index in [1.807, 2.05) is 41.4 Å². The molecule has 1 aromatic heterocycles. The molecule has 2 unspecified atom stereocenters. The van der Waals surface area contributed by atoms with E-state index in [0.717, 1.165) is 67.8 Å². The molecule has 5 aliphatic carbocycles. The van der Waals surface area contributed by atoms with Crippen molar-refractivity contribution in [1.82, 2.24) is 14.6 Å². The number of aromatic nitrogens is 1. The summed E-state index contributed by atoms with van der Waals surface area (Å²) < 4.78 is 27.0. The van der Waals surface area contributed by atoms with Crippen molar-refractivity contribution >= 4 is 38.9 Å². The molecule has 7 aliphatic rings. The molecule has 0 radical (unpaired) electrons. The molecule has 2 amide bonds. The smallest absolute Gasteiger partial charge is 0.322 e. The van der Waals surface area contributed by atoms with Gasteiger partial charge in [0.05, 0.1) is 34.6 Å². The number of para-hydroxylation sites is 2. The summed E-state index contributed by atoms with van der Waals surface area (Å²) in [5.74, 6) is 2.83. The fourth-order valence-electron chi connectivity index (χ4n) is 8.89. The Morgan fingerprint density at radius 2 is 1.65 bits per heavy atom. The average molecular weight is 607 g/mol. The monoisotopic (exact) mass is 606 g/mol. The summed E-state index contributed by atoms with van der Waals surface area (Å²) in [5, 5.41) is 14.4. The van der Waals surface area contributed by atoms with Gasteiger partial charge in [0.25, 0.3) is 0 Å². The van der Waals surface area contributed by atoms with E-state index in [1.54, 1.807) is 4.31 Å². The summed E-state index contributed by atoms with van der Waals surface area (Å²) in [6, 6.07) is 12.2. The predicted molar refractivity (Wildman–Crippen MR) is 166 cm³/mol. The number of urea groups is 1. The average Bonchev–Trinajstić information content (AvgIpc) is 3.81. The molecule has 10 nitrogen and oxygen atoms in total. The van der Waals surface area contributed by atoms with E-state index in [0.29, 0.717) is 68.7 Å². The van der Waals surface area contributed by atoms with Gasteiger partial charge in [-0.2, -0.15) is 4.31 Å². The minimum atomic E-state index is -3.16. The molecule has 2 atom stereocenters. The maximum Gasteiger partial charge on any atom is 0.322 e. The van der Waals surface area contributed by atoms with Crippen LogP contribution in [0.25, 0.3) is 0 Å². The van der Waals surface area contributed by atoms with Gasteiger partial charge in [0.2, 0.25) is 10.0 Å². The number of amides is 2. The molecule has 43 heavy (non-hydrogen) atoms. The van der Waals surface area contributed by atoms with Crippen LogP contribution in [0, 0.1) is 23.7 Å². The van der Waals surface area contributed by atoms with Crippen LogP contribution < -0.4 is 20.0 Å². The van der Waals surface area contributed by atoms with Gasteiger partial charge in [-0.3, -0.25) is 4.90 Å². The first kappa shape index (κ1) is 27.6. The van der Waals surface area contributed by atoms with Crippen LogP contribution in [0.15, 0.2) is 42.6 Å². The van der Waals surface area contributed by atoms with Crippen molar-refractivity contribution in [3.05, 3.63) is 42.6 Å². The minimum Gasteiger partial charge on any atom is -0.390 e. The zero-order chi connectivity index (χ0) is 29.3. The lowest BCUT2D eigenvalue weighted by Crippen LogP contribution is -2.63. The number of nitrogens with one attached hydrogen (secondary N) is 1. The number of sulfonamides is 1. The van der Waals surface area contributed by atoms with Crippen LogP contribution in [0.3, 0.4) is 0 Å². The van der Waals surface area contributed by atoms with Crippen LogP contribution in [-0.4, -0.2) is 85.5 Å². The summed E-state index contributed by atoms with van der Waals surface area (Å²) >= 11 is 0. The molecule has 0 spiro atoms. The first-order chi connectivity index (χ1) is 20.7. The van der Waals surface area contributed by atoms with E-state index in [-0.39, 0.29) is 12.1 Å². The zero-order valence-corrected chi connectivity index (χ0v) is 25.5. The Kier molecular flexibility index (Phi) is 6.65. The second-order valence-electron chi connectivity index (χ2n) is 13.9. The van der Waals surface area contributed by atoms with E-state index < -0.39 is 15.6 Å². The third-order valence-corrected chi connectivity index (χ3v) is 13.0. The Morgan fingerprint density at radius 1 is 0.930 bits per heavy atom. The Bertz CT molecular complexity index is 1470. The lowest BCUT2D eigenvalue weighted by Gasteiger charge is -2.58. The molecule has 4 bridgehead atoms. The number of hydrogen-bond acceptors (Lipinski definition) is 7. The summed E-state index contributed by atoms with van der Waals surface area (Å²) in [4.78, 5) is 24.8. The molecule has 1 aromatic carbocycles. The lowest BCUT2D eigenvalue weighted by molar-refractivity contribution is -0.136. The van der Waals surface area contributed by atoms with Gasteiger partial charge in [0.15, 0.2) is 0 Å². The number of aliphatic hydroxyl groups is 1. The SMILES string of the molecule is O=C(NC1C2CC3CC1CC(O)(C3)C2)N1CCN(c2ccc(N3CCN(S(=O)(=O)CC4CC4)CC3)cn2)c2ccccc21. The maximum absolute atomic E-state index is 13.7. The number of pyridine rings is 1. The largest absolute Gasteiger partial charge is 0.390 e. The van der Waals surface area contributed by atoms with E-state index in [9.17, 15) is 18.3 Å². The summed E-state index contributed by atoms with van der Waals surface area (Å²) in [7, 11) is -3.16. The number of piperazine rings is 1. The number of carbonyl (C=O) groups is 1. The topological polar surface area (TPSA) is 109 Å². The van der Waals surface area contributed by atoms with Crippen molar-refractivity contribution in [2.75, 3.05) is 59.7 Å². The predicted octanol–water partition coefficient (Wildman–Crippen LogP) is 3.55. The van der Waals surface area contributed by atoms with Crippen LogP contribution in [0.4, 0.5) is 27.7 Å². The third kappa shape index (κ3) is 5.17. The highest BCUT2D eigenvalue weighted by Gasteiger charge is 2.55. The van der Waals surface area contributed by atoms with Gasteiger partial charge in [-0.15, -0.1) is 0 Å². The van der Waals surface area contributed by atoms with E-state index in [1.165, 1.54) is 0 Å². The van der Waals surface area contributed by atoms with Crippen molar-refractivity contribution in [2.24, 2.45) is 23.7 Å². The normalized spacial score (nSPS) is 32.2. The molecule has 9 rings (SSSR count). The van der Waals surface area contributed by atoms with E-state index in [2.05, 4.69) is 21.2 Å². The van der Waals surface area contributed by atoms with Gasteiger partial charge in [0.1, 0.15) is 5.82 Å². The number of rotatable bonds is 6. The first-order valence-corrected chi connectivity index (χ1v) is 17.7. The highest BCUT2D eigenvalue weighted by Crippen LogP contribution is 2.55. The Labute approximate surface area is 254 Å². The highest BCUT2D eigenvalue weighted by molar-refractivity contribution is 7.89. The molecule has 3 heterocycles. The van der Waals surface area contributed by atoms with Gasteiger partial charge in [-0.1, -0.05) is 12.1 Å². The Hall–Kier alpha value is -2.89. The number of fused-ring (bicyclic) bond motifs is 1. The van der Waals surface area contributed by atoms with Gasteiger partial charge < -0.3 is 20.2 Å². The number of carbonyl (C=O) groups excluding carboxylic acids is 1. The minimum absolute atomic E-state index is 0.0434. The summed E-state index contributed by atoms with van der Waals surface area (Å²) in [6.45, 7) is 3.52. The van der Waals surface area contributed by atoms with Crippen LogP contribution in [-0.2, 0) is 10.0 Å². The van der Waals surface area contributed by atoms with Gasteiger partial charge in [0, 0.05) is 45.3 Å². The molecule has 11 heteroatoms. The summed E-state index contributed by atoms with van der Waals surface area (Å²) in [5.41, 5.74) is 2.32. The molecule has 1 saturated heterocycles. The second-order valence-corrected chi connectivity index (χ2v) is 16.0. The van der Waals surface area contributed by atoms with Crippen molar-refractivity contribution in [1.29, 1.82) is 0 Å². The summed E-state index contributed by atoms with van der Waals surface area (Å²) in [6.07, 6.45) is 8.75. The van der Waals surface area contributed by atoms with Crippen LogP contribution in [0.5, 0.6) is 0 Å². The van der Waals surface area contributed by atoms with Crippen LogP contribution >= 0.6 is 0 Å². The zero-order valence-electron chi connectivity index (χ0n) is 24.6. The Morgan fingerprint density at radius 3 is 2.30 bits per heavy atom. The molecular formula is C32H42N6O4S. The van der Waals surface area contributed by atoms with E-state index in [4.69, 9.17) is 4.98 Å². The molecule has 2 N–H and O–H groups in total. The second kappa shape index (κ2) is 10.3. The molecule has 2 aromatic rings. The third-order valence-electron chi connectivity index (χ3n) is 10.9. The molecule has 5 saturated carbocycles. The maximum atomic E-state index is 13.7. The number of hydrogen-bond donors (Lipinski definition) is 2. The quantitative estimate of drug-likeness (QED) is 0.518. The van der Waals surface area contributed by atoms with Gasteiger partial charge in [-0.05, 0) is 92.9 Å². The number of nitrogens with zero attached hydrogens (tertiary/aromatic N) is 5. The molecular weight excluding hydrogens is 564 g/mol. The van der Waals surface area contributed by atoms with Crippen LogP contribution in [0.1, 0.15) is 44.9 Å². The fraction of sp³-hybridized carbons (Fsp3) is 0.625. The first-order valence-electron chi connectivity index (χ1n) is 16.1. The number of anilines is 4. The van der Waals surface area contributed by atoms with Gasteiger partial charge in [-0.25, -0.2) is 18.2 Å². The standard InChI is InChI=1S/C32H42N6O4S/c39-31(34-30-24-15-23-16-25(30)19-32(40,17-23)18-24)38-14-13-37(27-3-1-2-4-28(27)38)29-8-7-26(20-33-29)35-9-11-36(12-10-35)43(41,42)21-22-5-6-22/h1-4,7-8,20,22-25,30,40H,5-6,9-19,21H2,(H,34,39). The van der Waals surface area contributed by atoms with Crippen molar-refractivity contribution < 1.29 is 18.3 Å². The van der Waals surface area contributed by atoms with E-state index >= 15 is 0 Å². The van der Waals surface area contributed by atoms with Crippen molar-refractivity contribution in [3.63, 3.8) is 0 Å². The van der Waals surface area contributed by atoms with Crippen molar-refractivity contribution in [3.8, 4) is 0 Å². The Balaban J connectivity index is 0.934. The number of benzene rings is 1. The highest BCUT2D eigenvalue weighted by atomic mass is 32.2.